The second kappa shape index (κ2) is 6.02. The molecular weight excluding hydrogens is 240 g/mol. The van der Waals surface area contributed by atoms with Gasteiger partial charge in [-0.1, -0.05) is 27.7 Å². The molecule has 0 aliphatic rings. The predicted octanol–water partition coefficient (Wildman–Crippen LogP) is 2.09. The molecule has 19 heavy (non-hydrogen) atoms. The second-order valence-corrected chi connectivity index (χ2v) is 6.00. The van der Waals surface area contributed by atoms with E-state index in [2.05, 4.69) is 43.4 Å². The molecule has 0 spiro atoms. The van der Waals surface area contributed by atoms with Crippen molar-refractivity contribution in [1.82, 2.24) is 10.3 Å². The average molecular weight is 264 g/mol. The van der Waals surface area contributed by atoms with Gasteiger partial charge >= 0.3 is 0 Å². The Morgan fingerprint density at radius 3 is 2.58 bits per heavy atom. The lowest BCUT2D eigenvalue weighted by atomic mass is 9.82. The number of aryl methyl sites for hydroxylation is 1. The van der Waals surface area contributed by atoms with Gasteiger partial charge in [0, 0.05) is 17.8 Å². The van der Waals surface area contributed by atoms with E-state index >= 15 is 0 Å². The molecule has 1 rings (SSSR count). The SMILES string of the molecule is Cc1cc(C(=O)NCC(C)C(C)(C)C)cc(NN)n1. The van der Waals surface area contributed by atoms with Gasteiger partial charge in [0.2, 0.25) is 0 Å². The first-order valence-corrected chi connectivity index (χ1v) is 6.47. The van der Waals surface area contributed by atoms with E-state index in [-0.39, 0.29) is 11.3 Å². The van der Waals surface area contributed by atoms with Crippen molar-refractivity contribution in [3.05, 3.63) is 23.4 Å². The predicted molar refractivity (Wildman–Crippen MR) is 77.7 cm³/mol. The largest absolute Gasteiger partial charge is 0.352 e. The number of carbonyl (C=O) groups excluding carboxylic acids is 1. The summed E-state index contributed by atoms with van der Waals surface area (Å²) in [5.41, 5.74) is 3.96. The summed E-state index contributed by atoms with van der Waals surface area (Å²) >= 11 is 0. The summed E-state index contributed by atoms with van der Waals surface area (Å²) in [7, 11) is 0. The van der Waals surface area contributed by atoms with E-state index in [0.29, 0.717) is 23.8 Å². The maximum atomic E-state index is 12.1. The Labute approximate surface area is 115 Å². The molecule has 0 aromatic carbocycles. The number of nitrogen functional groups attached to an aromatic ring is 1. The molecule has 0 fully saturated rings. The summed E-state index contributed by atoms with van der Waals surface area (Å²) in [6.07, 6.45) is 0. The number of aromatic nitrogens is 1. The smallest absolute Gasteiger partial charge is 0.251 e. The lowest BCUT2D eigenvalue weighted by molar-refractivity contribution is 0.0937. The van der Waals surface area contributed by atoms with E-state index in [1.54, 1.807) is 12.1 Å². The fourth-order valence-corrected chi connectivity index (χ4v) is 1.53. The van der Waals surface area contributed by atoms with Gasteiger partial charge in [0.1, 0.15) is 5.82 Å². The number of anilines is 1. The highest BCUT2D eigenvalue weighted by atomic mass is 16.1. The van der Waals surface area contributed by atoms with Crippen LogP contribution in [0.1, 0.15) is 43.7 Å². The molecule has 1 unspecified atom stereocenters. The number of nitrogens with one attached hydrogen (secondary N) is 2. The van der Waals surface area contributed by atoms with Crippen LogP contribution in [0.25, 0.3) is 0 Å². The van der Waals surface area contributed by atoms with Gasteiger partial charge in [-0.05, 0) is 30.4 Å². The first-order valence-electron chi connectivity index (χ1n) is 6.47. The molecule has 106 valence electrons. The van der Waals surface area contributed by atoms with E-state index in [0.717, 1.165) is 5.69 Å². The van der Waals surface area contributed by atoms with Crippen molar-refractivity contribution in [3.8, 4) is 0 Å². The number of hydrazine groups is 1. The Kier molecular flexibility index (Phi) is 4.89. The summed E-state index contributed by atoms with van der Waals surface area (Å²) in [5.74, 6) is 6.11. The third kappa shape index (κ3) is 4.52. The molecule has 5 heteroatoms. The first-order chi connectivity index (χ1) is 8.74. The van der Waals surface area contributed by atoms with Gasteiger partial charge in [-0.3, -0.25) is 4.79 Å². The lowest BCUT2D eigenvalue weighted by Gasteiger charge is -2.27. The van der Waals surface area contributed by atoms with Gasteiger partial charge in [-0.15, -0.1) is 0 Å². The standard InChI is InChI=1S/C14H24N4O/c1-9(14(3,4)5)8-16-13(19)11-6-10(2)17-12(7-11)18-15/h6-7,9H,8,15H2,1-5H3,(H,16,19)(H,17,18). The first kappa shape index (κ1) is 15.4. The maximum absolute atomic E-state index is 12.1. The number of amides is 1. The Morgan fingerprint density at radius 2 is 2.05 bits per heavy atom. The zero-order valence-corrected chi connectivity index (χ0v) is 12.4. The minimum absolute atomic E-state index is 0.0990. The zero-order chi connectivity index (χ0) is 14.6. The number of carbonyl (C=O) groups is 1. The normalized spacial score (nSPS) is 12.9. The van der Waals surface area contributed by atoms with E-state index in [4.69, 9.17) is 5.84 Å². The maximum Gasteiger partial charge on any atom is 0.251 e. The second-order valence-electron chi connectivity index (χ2n) is 6.00. The summed E-state index contributed by atoms with van der Waals surface area (Å²) in [6.45, 7) is 11.1. The van der Waals surface area contributed by atoms with E-state index < -0.39 is 0 Å². The van der Waals surface area contributed by atoms with Crippen LogP contribution >= 0.6 is 0 Å². The molecule has 0 bridgehead atoms. The van der Waals surface area contributed by atoms with Gasteiger partial charge in [-0.25, -0.2) is 10.8 Å². The highest BCUT2D eigenvalue weighted by Gasteiger charge is 2.20. The number of rotatable bonds is 4. The van der Waals surface area contributed by atoms with Crippen LogP contribution in [-0.2, 0) is 0 Å². The number of hydrogen-bond acceptors (Lipinski definition) is 4. The molecule has 1 aromatic heterocycles. The quantitative estimate of drug-likeness (QED) is 0.574. The van der Waals surface area contributed by atoms with Gasteiger partial charge in [0.15, 0.2) is 0 Å². The van der Waals surface area contributed by atoms with Crippen LogP contribution in [0.2, 0.25) is 0 Å². The van der Waals surface area contributed by atoms with Crippen LogP contribution in [0.4, 0.5) is 5.82 Å². The van der Waals surface area contributed by atoms with Gasteiger partial charge in [-0.2, -0.15) is 0 Å². The Balaban J connectivity index is 2.71. The van der Waals surface area contributed by atoms with E-state index in [9.17, 15) is 4.79 Å². The van der Waals surface area contributed by atoms with Crippen LogP contribution in [0.15, 0.2) is 12.1 Å². The van der Waals surface area contributed by atoms with Crippen molar-refractivity contribution >= 4 is 11.7 Å². The molecule has 0 saturated carbocycles. The Bertz CT molecular complexity index is 451. The highest BCUT2D eigenvalue weighted by Crippen LogP contribution is 2.24. The molecule has 1 aromatic rings. The molecule has 1 atom stereocenters. The molecule has 1 heterocycles. The zero-order valence-electron chi connectivity index (χ0n) is 12.4. The number of hydrogen-bond donors (Lipinski definition) is 3. The lowest BCUT2D eigenvalue weighted by Crippen LogP contribution is -2.33. The van der Waals surface area contributed by atoms with Crippen molar-refractivity contribution in [2.45, 2.75) is 34.6 Å². The summed E-state index contributed by atoms with van der Waals surface area (Å²) < 4.78 is 0. The molecule has 0 saturated heterocycles. The topological polar surface area (TPSA) is 80.0 Å². The number of pyridine rings is 1. The van der Waals surface area contributed by atoms with Crippen LogP contribution in [-0.4, -0.2) is 17.4 Å². The number of nitrogens with two attached hydrogens (primary N) is 1. The van der Waals surface area contributed by atoms with Crippen LogP contribution in [0.5, 0.6) is 0 Å². The van der Waals surface area contributed by atoms with Crippen LogP contribution in [0.3, 0.4) is 0 Å². The number of nitrogens with zero attached hydrogens (tertiary/aromatic N) is 1. The summed E-state index contributed by atoms with van der Waals surface area (Å²) in [6, 6.07) is 3.39. The molecule has 0 aliphatic carbocycles. The molecule has 1 amide bonds. The van der Waals surface area contributed by atoms with Gasteiger partial charge < -0.3 is 10.7 Å². The fourth-order valence-electron chi connectivity index (χ4n) is 1.53. The van der Waals surface area contributed by atoms with Crippen LogP contribution in [0, 0.1) is 18.3 Å². The van der Waals surface area contributed by atoms with Crippen molar-refractivity contribution in [1.29, 1.82) is 0 Å². The minimum Gasteiger partial charge on any atom is -0.352 e. The minimum atomic E-state index is -0.0990. The van der Waals surface area contributed by atoms with Crippen molar-refractivity contribution < 1.29 is 4.79 Å². The Hall–Kier alpha value is -1.62. The third-order valence-electron chi connectivity index (χ3n) is 3.41. The highest BCUT2D eigenvalue weighted by molar-refractivity contribution is 5.94. The molecular formula is C14H24N4O. The summed E-state index contributed by atoms with van der Waals surface area (Å²) in [5, 5.41) is 2.95. The van der Waals surface area contributed by atoms with Crippen molar-refractivity contribution in [3.63, 3.8) is 0 Å². The molecule has 0 radical (unpaired) electrons. The molecule has 0 aliphatic heterocycles. The van der Waals surface area contributed by atoms with Gasteiger partial charge in [0.05, 0.1) is 0 Å². The van der Waals surface area contributed by atoms with E-state index in [1.807, 2.05) is 6.92 Å². The average Bonchev–Trinajstić information content (AvgIpc) is 2.33. The monoisotopic (exact) mass is 264 g/mol. The summed E-state index contributed by atoms with van der Waals surface area (Å²) in [4.78, 5) is 16.2. The Morgan fingerprint density at radius 1 is 1.42 bits per heavy atom. The fraction of sp³-hybridized carbons (Fsp3) is 0.571. The van der Waals surface area contributed by atoms with Gasteiger partial charge in [0.25, 0.3) is 5.91 Å². The van der Waals surface area contributed by atoms with Crippen molar-refractivity contribution in [2.75, 3.05) is 12.0 Å². The third-order valence-corrected chi connectivity index (χ3v) is 3.41. The van der Waals surface area contributed by atoms with E-state index in [1.165, 1.54) is 0 Å². The molecule has 5 nitrogen and oxygen atoms in total. The molecule has 4 N–H and O–H groups in total. The van der Waals surface area contributed by atoms with Crippen LogP contribution < -0.4 is 16.6 Å². The van der Waals surface area contributed by atoms with Crippen molar-refractivity contribution in [2.24, 2.45) is 17.2 Å².